The van der Waals surface area contributed by atoms with Crippen LogP contribution in [0.1, 0.15) is 17.1 Å². The van der Waals surface area contributed by atoms with Crippen molar-refractivity contribution in [3.63, 3.8) is 0 Å². The van der Waals surface area contributed by atoms with Gasteiger partial charge in [-0.15, -0.1) is 0 Å². The first-order valence-electron chi connectivity index (χ1n) is 5.33. The number of ether oxygens (including phenoxy) is 1. The van der Waals surface area contributed by atoms with Crippen LogP contribution in [0.15, 0.2) is 34.7 Å². The quantitative estimate of drug-likeness (QED) is 0.885. The maximum absolute atomic E-state index is 13.4. The number of rotatable bonds is 4. The highest BCUT2D eigenvalue weighted by Gasteiger charge is 2.06. The van der Waals surface area contributed by atoms with Crippen molar-refractivity contribution >= 4 is 0 Å². The molecule has 0 spiro atoms. The molecule has 0 radical (unpaired) electrons. The SMILES string of the molecule is COc1ccc(Cc2ccc(CN)o2)cc1F. The summed E-state index contributed by atoms with van der Waals surface area (Å²) in [6.45, 7) is 0.372. The van der Waals surface area contributed by atoms with Crippen molar-refractivity contribution in [1.82, 2.24) is 0 Å². The average Bonchev–Trinajstić information content (AvgIpc) is 2.77. The van der Waals surface area contributed by atoms with Gasteiger partial charge in [-0.2, -0.15) is 0 Å². The number of furan rings is 1. The maximum atomic E-state index is 13.4. The molecule has 90 valence electrons. The summed E-state index contributed by atoms with van der Waals surface area (Å²) in [6, 6.07) is 8.55. The van der Waals surface area contributed by atoms with Crippen LogP contribution >= 0.6 is 0 Å². The van der Waals surface area contributed by atoms with E-state index in [1.807, 2.05) is 18.2 Å². The van der Waals surface area contributed by atoms with Gasteiger partial charge in [-0.3, -0.25) is 0 Å². The van der Waals surface area contributed by atoms with Crippen LogP contribution in [0.4, 0.5) is 4.39 Å². The molecule has 1 aromatic carbocycles. The number of nitrogens with two attached hydrogens (primary N) is 1. The van der Waals surface area contributed by atoms with E-state index in [0.29, 0.717) is 13.0 Å². The molecule has 0 amide bonds. The fourth-order valence-corrected chi connectivity index (χ4v) is 1.65. The van der Waals surface area contributed by atoms with Crippen LogP contribution in [0.25, 0.3) is 0 Å². The molecule has 0 bridgehead atoms. The number of methoxy groups -OCH3 is 1. The highest BCUT2D eigenvalue weighted by molar-refractivity contribution is 5.31. The van der Waals surface area contributed by atoms with E-state index in [1.54, 1.807) is 6.07 Å². The zero-order valence-corrected chi connectivity index (χ0v) is 9.57. The minimum atomic E-state index is -0.365. The highest BCUT2D eigenvalue weighted by atomic mass is 19.1. The van der Waals surface area contributed by atoms with E-state index in [-0.39, 0.29) is 11.6 Å². The standard InChI is InChI=1S/C13H14FNO2/c1-16-13-5-2-9(7-12(13)14)6-10-3-4-11(8-15)17-10/h2-5,7H,6,8,15H2,1H3. The summed E-state index contributed by atoms with van der Waals surface area (Å²) in [7, 11) is 1.44. The first kappa shape index (κ1) is 11.7. The summed E-state index contributed by atoms with van der Waals surface area (Å²) >= 11 is 0. The van der Waals surface area contributed by atoms with E-state index in [0.717, 1.165) is 17.1 Å². The van der Waals surface area contributed by atoms with Crippen molar-refractivity contribution in [3.8, 4) is 5.75 Å². The van der Waals surface area contributed by atoms with Crippen LogP contribution in [-0.4, -0.2) is 7.11 Å². The Bertz CT molecular complexity index is 508. The molecule has 0 saturated carbocycles. The molecule has 0 aliphatic rings. The Labute approximate surface area is 99.0 Å². The Morgan fingerprint density at radius 2 is 2.00 bits per heavy atom. The molecule has 0 fully saturated rings. The van der Waals surface area contributed by atoms with Gasteiger partial charge < -0.3 is 14.9 Å². The first-order valence-corrected chi connectivity index (χ1v) is 5.33. The molecule has 0 saturated heterocycles. The Morgan fingerprint density at radius 3 is 2.59 bits per heavy atom. The van der Waals surface area contributed by atoms with Gasteiger partial charge in [0, 0.05) is 6.42 Å². The van der Waals surface area contributed by atoms with Crippen LogP contribution < -0.4 is 10.5 Å². The van der Waals surface area contributed by atoms with Crippen LogP contribution in [0, 0.1) is 5.82 Å². The van der Waals surface area contributed by atoms with Gasteiger partial charge in [-0.1, -0.05) is 6.07 Å². The monoisotopic (exact) mass is 235 g/mol. The first-order chi connectivity index (χ1) is 8.22. The number of hydrogen-bond acceptors (Lipinski definition) is 3. The Kier molecular flexibility index (Phi) is 3.44. The summed E-state index contributed by atoms with van der Waals surface area (Å²) in [5.41, 5.74) is 6.28. The third kappa shape index (κ3) is 2.65. The summed E-state index contributed by atoms with van der Waals surface area (Å²) in [5.74, 6) is 1.38. The molecule has 17 heavy (non-hydrogen) atoms. The second-order valence-electron chi connectivity index (χ2n) is 3.72. The van der Waals surface area contributed by atoms with Gasteiger partial charge in [0.15, 0.2) is 11.6 Å². The van der Waals surface area contributed by atoms with Gasteiger partial charge in [0.2, 0.25) is 0 Å². The van der Waals surface area contributed by atoms with Crippen molar-refractivity contribution < 1.29 is 13.5 Å². The Balaban J connectivity index is 2.15. The van der Waals surface area contributed by atoms with Gasteiger partial charge in [0.05, 0.1) is 13.7 Å². The van der Waals surface area contributed by atoms with E-state index in [4.69, 9.17) is 14.9 Å². The molecule has 0 atom stereocenters. The average molecular weight is 235 g/mol. The Morgan fingerprint density at radius 1 is 1.24 bits per heavy atom. The van der Waals surface area contributed by atoms with Crippen molar-refractivity contribution in [3.05, 3.63) is 53.2 Å². The van der Waals surface area contributed by atoms with E-state index in [2.05, 4.69) is 0 Å². The Hall–Kier alpha value is -1.81. The van der Waals surface area contributed by atoms with E-state index < -0.39 is 0 Å². The third-order valence-corrected chi connectivity index (χ3v) is 2.51. The predicted molar refractivity (Wildman–Crippen MR) is 62.4 cm³/mol. The second kappa shape index (κ2) is 5.01. The zero-order valence-electron chi connectivity index (χ0n) is 9.57. The van der Waals surface area contributed by atoms with Crippen LogP contribution in [0.5, 0.6) is 5.75 Å². The summed E-state index contributed by atoms with van der Waals surface area (Å²) in [5, 5.41) is 0. The van der Waals surface area contributed by atoms with Crippen LogP contribution in [-0.2, 0) is 13.0 Å². The number of hydrogen-bond donors (Lipinski definition) is 1. The van der Waals surface area contributed by atoms with Crippen molar-refractivity contribution in [2.24, 2.45) is 5.73 Å². The summed E-state index contributed by atoms with van der Waals surface area (Å²) in [6.07, 6.45) is 0.543. The molecule has 2 aromatic rings. The molecule has 0 unspecified atom stereocenters. The smallest absolute Gasteiger partial charge is 0.165 e. The maximum Gasteiger partial charge on any atom is 0.165 e. The zero-order chi connectivity index (χ0) is 12.3. The van der Waals surface area contributed by atoms with Crippen LogP contribution in [0.3, 0.4) is 0 Å². The fourth-order valence-electron chi connectivity index (χ4n) is 1.65. The van der Waals surface area contributed by atoms with Gasteiger partial charge in [0.1, 0.15) is 11.5 Å². The normalized spacial score (nSPS) is 10.5. The summed E-state index contributed by atoms with van der Waals surface area (Å²) in [4.78, 5) is 0. The molecule has 0 aliphatic carbocycles. The topological polar surface area (TPSA) is 48.4 Å². The minimum Gasteiger partial charge on any atom is -0.494 e. The lowest BCUT2D eigenvalue weighted by Gasteiger charge is -2.03. The second-order valence-corrected chi connectivity index (χ2v) is 3.72. The van der Waals surface area contributed by atoms with Gasteiger partial charge in [-0.05, 0) is 29.8 Å². The highest BCUT2D eigenvalue weighted by Crippen LogP contribution is 2.20. The third-order valence-electron chi connectivity index (χ3n) is 2.51. The molecule has 0 aliphatic heterocycles. The molecule has 3 nitrogen and oxygen atoms in total. The van der Waals surface area contributed by atoms with Gasteiger partial charge in [-0.25, -0.2) is 4.39 Å². The lowest BCUT2D eigenvalue weighted by atomic mass is 10.1. The van der Waals surface area contributed by atoms with Crippen molar-refractivity contribution in [2.45, 2.75) is 13.0 Å². The van der Waals surface area contributed by atoms with Crippen LogP contribution in [0.2, 0.25) is 0 Å². The molecule has 1 heterocycles. The van der Waals surface area contributed by atoms with Crippen molar-refractivity contribution in [1.29, 1.82) is 0 Å². The van der Waals surface area contributed by atoms with Gasteiger partial charge >= 0.3 is 0 Å². The van der Waals surface area contributed by atoms with E-state index in [9.17, 15) is 4.39 Å². The molecule has 2 N–H and O–H groups in total. The lowest BCUT2D eigenvalue weighted by molar-refractivity contribution is 0.386. The van der Waals surface area contributed by atoms with Crippen molar-refractivity contribution in [2.75, 3.05) is 7.11 Å². The molecular formula is C13H14FNO2. The van der Waals surface area contributed by atoms with E-state index >= 15 is 0 Å². The molecular weight excluding hydrogens is 221 g/mol. The molecule has 1 aromatic heterocycles. The molecule has 2 rings (SSSR count). The molecule has 4 heteroatoms. The fraction of sp³-hybridized carbons (Fsp3) is 0.231. The van der Waals surface area contributed by atoms with E-state index in [1.165, 1.54) is 13.2 Å². The summed E-state index contributed by atoms with van der Waals surface area (Å²) < 4.78 is 23.8. The lowest BCUT2D eigenvalue weighted by Crippen LogP contribution is -1.93. The number of benzene rings is 1. The minimum absolute atomic E-state index is 0.246. The largest absolute Gasteiger partial charge is 0.494 e. The van der Waals surface area contributed by atoms with Gasteiger partial charge in [0.25, 0.3) is 0 Å². The predicted octanol–water partition coefficient (Wildman–Crippen LogP) is 2.48. The number of halogens is 1.